The number of hydrogen-bond donors (Lipinski definition) is 1. The molecule has 0 bridgehead atoms. The Morgan fingerprint density at radius 3 is 2.38 bits per heavy atom. The number of rotatable bonds is 9. The number of nitrogens with two attached hydrogens (primary N) is 1. The highest BCUT2D eigenvalue weighted by atomic mass is 19.1. The number of ether oxygens (including phenoxy) is 1. The van der Waals surface area contributed by atoms with E-state index in [0.717, 1.165) is 57.4 Å². The van der Waals surface area contributed by atoms with Gasteiger partial charge < -0.3 is 20.3 Å². The number of halogens is 1. The second-order valence-electron chi connectivity index (χ2n) is 10.8. The molecule has 8 heteroatoms. The van der Waals surface area contributed by atoms with E-state index in [1.54, 1.807) is 23.2 Å². The van der Waals surface area contributed by atoms with E-state index in [2.05, 4.69) is 18.8 Å². The minimum absolute atomic E-state index is 0.106. The van der Waals surface area contributed by atoms with E-state index < -0.39 is 6.04 Å². The normalized spacial score (nSPS) is 17.3. The Balaban J connectivity index is 1.26. The summed E-state index contributed by atoms with van der Waals surface area (Å²) in [6.45, 7) is 7.74. The van der Waals surface area contributed by atoms with Crippen LogP contribution in [0, 0.1) is 17.7 Å². The molecule has 3 heterocycles. The highest BCUT2D eigenvalue weighted by molar-refractivity contribution is 5.82. The molecule has 0 aliphatic carbocycles. The fraction of sp³-hybridized carbons (Fsp3) is 0.552. The fourth-order valence-corrected chi connectivity index (χ4v) is 5.06. The molecule has 7 nitrogen and oxygen atoms in total. The van der Waals surface area contributed by atoms with E-state index in [9.17, 15) is 14.0 Å². The highest BCUT2D eigenvalue weighted by Crippen LogP contribution is 2.25. The average molecular weight is 511 g/mol. The third kappa shape index (κ3) is 7.28. The van der Waals surface area contributed by atoms with Crippen molar-refractivity contribution in [2.45, 2.75) is 58.4 Å². The van der Waals surface area contributed by atoms with Crippen molar-refractivity contribution in [3.05, 3.63) is 47.9 Å². The molecule has 200 valence electrons. The first-order valence-electron chi connectivity index (χ1n) is 13.5. The van der Waals surface area contributed by atoms with Crippen molar-refractivity contribution < 1.29 is 18.7 Å². The molecule has 0 radical (unpaired) electrons. The van der Waals surface area contributed by atoms with E-state index in [4.69, 9.17) is 10.5 Å². The summed E-state index contributed by atoms with van der Waals surface area (Å²) in [6, 6.07) is 7.93. The molecule has 37 heavy (non-hydrogen) atoms. The van der Waals surface area contributed by atoms with Gasteiger partial charge in [-0.15, -0.1) is 0 Å². The smallest absolute Gasteiger partial charge is 0.239 e. The topological polar surface area (TPSA) is 88.8 Å². The molecule has 4 rings (SSSR count). The number of amides is 2. The minimum atomic E-state index is -0.732. The number of likely N-dealkylation sites (tertiary alicyclic amines) is 2. The standard InChI is InChI=1S/C29H39FN4O3/c1-20(2)15-28(35)33-13-9-21(10-14-33)19-37-27-8-7-24(18-32-27)22-5-6-23(25(30)16-22)17-26(31)29(36)34-11-3-4-12-34/h5-8,16,18,20-21,26H,3-4,9-15,17,19,31H2,1-2H3. The molecule has 2 fully saturated rings. The average Bonchev–Trinajstić information content (AvgIpc) is 3.43. The molecule has 1 unspecified atom stereocenters. The number of nitrogens with zero attached hydrogens (tertiary/aromatic N) is 3. The van der Waals surface area contributed by atoms with Crippen molar-refractivity contribution in [2.24, 2.45) is 17.6 Å². The lowest BCUT2D eigenvalue weighted by Gasteiger charge is -2.32. The van der Waals surface area contributed by atoms with Crippen LogP contribution in [0.4, 0.5) is 4.39 Å². The highest BCUT2D eigenvalue weighted by Gasteiger charge is 2.25. The monoisotopic (exact) mass is 510 g/mol. The summed E-state index contributed by atoms with van der Waals surface area (Å²) in [6.07, 6.45) is 6.33. The van der Waals surface area contributed by atoms with Gasteiger partial charge in [0.05, 0.1) is 12.6 Å². The number of carbonyl (C=O) groups is 2. The van der Waals surface area contributed by atoms with Crippen LogP contribution in [-0.4, -0.2) is 65.4 Å². The molecule has 0 saturated carbocycles. The Morgan fingerprint density at radius 2 is 1.76 bits per heavy atom. The maximum Gasteiger partial charge on any atom is 0.239 e. The second kappa shape index (κ2) is 12.5. The van der Waals surface area contributed by atoms with Gasteiger partial charge in [-0.3, -0.25) is 9.59 Å². The molecule has 1 aromatic heterocycles. The van der Waals surface area contributed by atoms with Gasteiger partial charge in [0.25, 0.3) is 0 Å². The van der Waals surface area contributed by atoms with Crippen LogP contribution in [0.3, 0.4) is 0 Å². The van der Waals surface area contributed by atoms with Crippen molar-refractivity contribution in [1.82, 2.24) is 14.8 Å². The summed E-state index contributed by atoms with van der Waals surface area (Å²) in [4.78, 5) is 32.8. The van der Waals surface area contributed by atoms with Crippen LogP contribution in [0.15, 0.2) is 36.5 Å². The quantitative estimate of drug-likeness (QED) is 0.550. The maximum atomic E-state index is 14.8. The van der Waals surface area contributed by atoms with Crippen LogP contribution < -0.4 is 10.5 Å². The van der Waals surface area contributed by atoms with E-state index >= 15 is 0 Å². The molecule has 1 atom stereocenters. The van der Waals surface area contributed by atoms with Crippen LogP contribution in [0.5, 0.6) is 5.88 Å². The predicted molar refractivity (Wildman–Crippen MR) is 141 cm³/mol. The Kier molecular flexibility index (Phi) is 9.14. The number of piperidine rings is 1. The Bertz CT molecular complexity index is 1060. The summed E-state index contributed by atoms with van der Waals surface area (Å²) < 4.78 is 20.7. The molecule has 2 saturated heterocycles. The summed E-state index contributed by atoms with van der Waals surface area (Å²) in [5.41, 5.74) is 8.01. The van der Waals surface area contributed by atoms with Crippen LogP contribution in [0.2, 0.25) is 0 Å². The summed E-state index contributed by atoms with van der Waals surface area (Å²) in [5.74, 6) is 1.08. The lowest BCUT2D eigenvalue weighted by atomic mass is 9.97. The Morgan fingerprint density at radius 1 is 1.05 bits per heavy atom. The molecule has 2 N–H and O–H groups in total. The van der Waals surface area contributed by atoms with E-state index in [1.165, 1.54) is 6.07 Å². The van der Waals surface area contributed by atoms with Gasteiger partial charge in [-0.1, -0.05) is 26.0 Å². The summed E-state index contributed by atoms with van der Waals surface area (Å²) in [7, 11) is 0. The number of benzene rings is 1. The molecule has 2 aliphatic heterocycles. The number of hydrogen-bond acceptors (Lipinski definition) is 5. The number of pyridine rings is 1. The van der Waals surface area contributed by atoms with Gasteiger partial charge in [0.2, 0.25) is 17.7 Å². The van der Waals surface area contributed by atoms with Crippen molar-refractivity contribution >= 4 is 11.8 Å². The molecule has 2 amide bonds. The summed E-state index contributed by atoms with van der Waals surface area (Å²) in [5, 5.41) is 0. The van der Waals surface area contributed by atoms with E-state index in [-0.39, 0.29) is 24.1 Å². The molecule has 0 spiro atoms. The van der Waals surface area contributed by atoms with Crippen molar-refractivity contribution in [3.63, 3.8) is 0 Å². The first-order chi connectivity index (χ1) is 17.8. The van der Waals surface area contributed by atoms with Gasteiger partial charge in [-0.05, 0) is 67.2 Å². The first kappa shape index (κ1) is 27.0. The van der Waals surface area contributed by atoms with Crippen molar-refractivity contribution in [2.75, 3.05) is 32.8 Å². The lowest BCUT2D eigenvalue weighted by Crippen LogP contribution is -2.43. The molecule has 2 aromatic rings. The summed E-state index contributed by atoms with van der Waals surface area (Å²) >= 11 is 0. The van der Waals surface area contributed by atoms with Crippen LogP contribution in [0.1, 0.15) is 51.5 Å². The Labute approximate surface area is 219 Å². The molecule has 1 aromatic carbocycles. The number of aromatic nitrogens is 1. The van der Waals surface area contributed by atoms with Crippen LogP contribution >= 0.6 is 0 Å². The zero-order valence-electron chi connectivity index (χ0n) is 22.0. The minimum Gasteiger partial charge on any atom is -0.477 e. The first-order valence-corrected chi connectivity index (χ1v) is 13.5. The maximum absolute atomic E-state index is 14.8. The molecular weight excluding hydrogens is 471 g/mol. The van der Waals surface area contributed by atoms with E-state index in [1.807, 2.05) is 17.0 Å². The van der Waals surface area contributed by atoms with Gasteiger partial charge in [0, 0.05) is 50.4 Å². The zero-order chi connectivity index (χ0) is 26.4. The van der Waals surface area contributed by atoms with E-state index in [0.29, 0.717) is 41.9 Å². The lowest BCUT2D eigenvalue weighted by molar-refractivity contribution is -0.133. The van der Waals surface area contributed by atoms with Crippen LogP contribution in [0.25, 0.3) is 11.1 Å². The van der Waals surface area contributed by atoms with Gasteiger partial charge in [-0.25, -0.2) is 9.37 Å². The second-order valence-corrected chi connectivity index (χ2v) is 10.8. The van der Waals surface area contributed by atoms with Gasteiger partial charge in [0.15, 0.2) is 0 Å². The fourth-order valence-electron chi connectivity index (χ4n) is 5.06. The third-order valence-electron chi connectivity index (χ3n) is 7.31. The molecule has 2 aliphatic rings. The van der Waals surface area contributed by atoms with Gasteiger partial charge in [-0.2, -0.15) is 0 Å². The van der Waals surface area contributed by atoms with Crippen LogP contribution in [-0.2, 0) is 16.0 Å². The SMILES string of the molecule is CC(C)CC(=O)N1CCC(COc2ccc(-c3ccc(CC(N)C(=O)N4CCCC4)c(F)c3)cn2)CC1. The number of carbonyl (C=O) groups excluding carboxylic acids is 2. The van der Waals surface area contributed by atoms with Crippen molar-refractivity contribution in [3.8, 4) is 17.0 Å². The predicted octanol–water partition coefficient (Wildman–Crippen LogP) is 4.04. The zero-order valence-corrected chi connectivity index (χ0v) is 22.0. The third-order valence-corrected chi connectivity index (χ3v) is 7.31. The largest absolute Gasteiger partial charge is 0.477 e. The van der Waals surface area contributed by atoms with Crippen molar-refractivity contribution in [1.29, 1.82) is 0 Å². The molecular formula is C29H39FN4O3. The Hall–Kier alpha value is -3.00. The van der Waals surface area contributed by atoms with Gasteiger partial charge in [0.1, 0.15) is 5.82 Å². The van der Waals surface area contributed by atoms with Gasteiger partial charge >= 0.3 is 0 Å².